The van der Waals surface area contributed by atoms with Crippen LogP contribution < -0.4 is 0 Å². The van der Waals surface area contributed by atoms with Crippen LogP contribution in [0.3, 0.4) is 0 Å². The molecule has 1 saturated carbocycles. The Balaban J connectivity index is 1.52. The first-order valence-electron chi connectivity index (χ1n) is 10.5. The van der Waals surface area contributed by atoms with Gasteiger partial charge in [0.2, 0.25) is 0 Å². The van der Waals surface area contributed by atoms with Crippen LogP contribution in [-0.2, 0) is 19.3 Å². The van der Waals surface area contributed by atoms with Crippen LogP contribution in [0.15, 0.2) is 36.4 Å². The van der Waals surface area contributed by atoms with Gasteiger partial charge in [-0.3, -0.25) is 0 Å². The molecule has 1 heteroatoms. The van der Waals surface area contributed by atoms with Gasteiger partial charge in [0.05, 0.1) is 0 Å². The Kier molecular flexibility index (Phi) is 5.16. The van der Waals surface area contributed by atoms with Crippen LogP contribution in [0.1, 0.15) is 62.6 Å². The Hall–Kier alpha value is -1.63. The van der Waals surface area contributed by atoms with E-state index in [2.05, 4.69) is 25.1 Å². The first kappa shape index (κ1) is 17.8. The fourth-order valence-electron chi connectivity index (χ4n) is 5.15. The maximum absolute atomic E-state index is 13.8. The van der Waals surface area contributed by atoms with Gasteiger partial charge in [0.15, 0.2) is 0 Å². The molecule has 0 radical (unpaired) electrons. The maximum atomic E-state index is 13.8. The molecule has 0 amide bonds. The third kappa shape index (κ3) is 3.59. The number of rotatable bonds is 3. The Labute approximate surface area is 157 Å². The van der Waals surface area contributed by atoms with Crippen molar-refractivity contribution >= 4 is 0 Å². The van der Waals surface area contributed by atoms with Crippen LogP contribution in [0.2, 0.25) is 0 Å². The lowest BCUT2D eigenvalue weighted by Crippen LogP contribution is -2.26. The quantitative estimate of drug-likeness (QED) is 0.560. The van der Waals surface area contributed by atoms with Gasteiger partial charge in [0.25, 0.3) is 0 Å². The van der Waals surface area contributed by atoms with Gasteiger partial charge in [-0.05, 0) is 96.2 Å². The minimum Gasteiger partial charge on any atom is -0.207 e. The summed E-state index contributed by atoms with van der Waals surface area (Å²) in [5, 5.41) is 0. The highest BCUT2D eigenvalue weighted by atomic mass is 19.1. The molecule has 138 valence electrons. The van der Waals surface area contributed by atoms with Crippen molar-refractivity contribution in [3.8, 4) is 11.1 Å². The van der Waals surface area contributed by atoms with E-state index >= 15 is 0 Å². The summed E-state index contributed by atoms with van der Waals surface area (Å²) in [6.07, 6.45) is 10.3. The van der Waals surface area contributed by atoms with Crippen molar-refractivity contribution in [3.05, 3.63) is 58.9 Å². The van der Waals surface area contributed by atoms with E-state index in [1.165, 1.54) is 56.1 Å². The molecule has 2 aromatic rings. The van der Waals surface area contributed by atoms with E-state index < -0.39 is 0 Å². The third-order valence-corrected chi connectivity index (χ3v) is 6.96. The Morgan fingerprint density at radius 2 is 1.58 bits per heavy atom. The zero-order valence-corrected chi connectivity index (χ0v) is 16.2. The lowest BCUT2D eigenvalue weighted by Gasteiger charge is -2.35. The van der Waals surface area contributed by atoms with Crippen molar-refractivity contribution in [2.45, 2.75) is 65.2 Å². The Bertz CT molecular complexity index is 768. The molecule has 1 atom stereocenters. The van der Waals surface area contributed by atoms with Crippen molar-refractivity contribution in [2.24, 2.45) is 17.8 Å². The predicted molar refractivity (Wildman–Crippen MR) is 108 cm³/mol. The smallest absolute Gasteiger partial charge is 0.126 e. The average Bonchev–Trinajstić information content (AvgIpc) is 2.68. The molecule has 0 nitrogen and oxygen atoms in total. The minimum atomic E-state index is -0.0844. The largest absolute Gasteiger partial charge is 0.207 e. The van der Waals surface area contributed by atoms with E-state index in [0.29, 0.717) is 0 Å². The van der Waals surface area contributed by atoms with E-state index in [1.807, 2.05) is 19.1 Å². The molecule has 0 N–H and O–H groups in total. The minimum absolute atomic E-state index is 0.0844. The average molecular weight is 351 g/mol. The molecule has 0 heterocycles. The SMILES string of the molecule is CCc1cc(-c2ccc3c(c2)CCC(C2CCC(C)CC2)C3)ccc1F. The van der Waals surface area contributed by atoms with Gasteiger partial charge < -0.3 is 0 Å². The molecule has 4 rings (SSSR count). The standard InChI is InChI=1S/C25H31F/c1-3-18-14-24(12-13-25(18)26)23-11-10-21-15-20(8-9-22(21)16-23)19-6-4-17(2)5-7-19/h10-14,16-17,19-20H,3-9,15H2,1-2H3. The number of fused-ring (bicyclic) bond motifs is 1. The fraction of sp³-hybridized carbons (Fsp3) is 0.520. The summed E-state index contributed by atoms with van der Waals surface area (Å²) in [5.74, 6) is 2.69. The lowest BCUT2D eigenvalue weighted by atomic mass is 9.70. The van der Waals surface area contributed by atoms with Crippen LogP contribution in [0, 0.1) is 23.6 Å². The van der Waals surface area contributed by atoms with E-state index in [1.54, 1.807) is 11.6 Å². The number of benzene rings is 2. The Morgan fingerprint density at radius 3 is 2.35 bits per heavy atom. The second-order valence-electron chi connectivity index (χ2n) is 8.67. The summed E-state index contributed by atoms with van der Waals surface area (Å²) in [7, 11) is 0. The molecule has 2 aromatic carbocycles. The molecule has 26 heavy (non-hydrogen) atoms. The highest BCUT2D eigenvalue weighted by Gasteiger charge is 2.29. The first-order valence-corrected chi connectivity index (χ1v) is 10.5. The van der Waals surface area contributed by atoms with Crippen molar-refractivity contribution in [2.75, 3.05) is 0 Å². The van der Waals surface area contributed by atoms with Gasteiger partial charge in [-0.1, -0.05) is 51.0 Å². The van der Waals surface area contributed by atoms with Gasteiger partial charge in [0.1, 0.15) is 5.82 Å². The molecule has 0 aromatic heterocycles. The second kappa shape index (κ2) is 7.55. The van der Waals surface area contributed by atoms with Crippen LogP contribution in [0.5, 0.6) is 0 Å². The molecule has 2 aliphatic carbocycles. The molecule has 0 saturated heterocycles. The van der Waals surface area contributed by atoms with Gasteiger partial charge in [-0.25, -0.2) is 4.39 Å². The molecule has 0 aliphatic heterocycles. The van der Waals surface area contributed by atoms with E-state index in [9.17, 15) is 4.39 Å². The van der Waals surface area contributed by atoms with Gasteiger partial charge in [0, 0.05) is 0 Å². The topological polar surface area (TPSA) is 0 Å². The third-order valence-electron chi connectivity index (χ3n) is 6.96. The summed E-state index contributed by atoms with van der Waals surface area (Å²) in [5.41, 5.74) is 6.27. The molecule has 1 fully saturated rings. The van der Waals surface area contributed by atoms with Crippen molar-refractivity contribution < 1.29 is 4.39 Å². The molecule has 2 aliphatic rings. The first-order chi connectivity index (χ1) is 12.6. The van der Waals surface area contributed by atoms with E-state index in [4.69, 9.17) is 0 Å². The summed E-state index contributed by atoms with van der Waals surface area (Å²) in [6, 6.07) is 12.5. The summed E-state index contributed by atoms with van der Waals surface area (Å²) < 4.78 is 13.8. The molecule has 0 spiro atoms. The van der Waals surface area contributed by atoms with Crippen molar-refractivity contribution in [1.82, 2.24) is 0 Å². The zero-order valence-electron chi connectivity index (χ0n) is 16.2. The van der Waals surface area contributed by atoms with Crippen LogP contribution in [-0.4, -0.2) is 0 Å². The van der Waals surface area contributed by atoms with E-state index in [0.717, 1.165) is 35.3 Å². The van der Waals surface area contributed by atoms with Crippen LogP contribution in [0.4, 0.5) is 4.39 Å². The molecule has 0 bridgehead atoms. The highest BCUT2D eigenvalue weighted by Crippen LogP contribution is 2.40. The number of halogens is 1. The summed E-state index contributed by atoms with van der Waals surface area (Å²) in [4.78, 5) is 0. The summed E-state index contributed by atoms with van der Waals surface area (Å²) >= 11 is 0. The maximum Gasteiger partial charge on any atom is 0.126 e. The summed E-state index contributed by atoms with van der Waals surface area (Å²) in [6.45, 7) is 4.43. The second-order valence-corrected chi connectivity index (χ2v) is 8.67. The predicted octanol–water partition coefficient (Wildman–Crippen LogP) is 6.99. The molecular weight excluding hydrogens is 319 g/mol. The van der Waals surface area contributed by atoms with Crippen molar-refractivity contribution in [3.63, 3.8) is 0 Å². The number of aryl methyl sites for hydroxylation is 2. The molecule has 1 unspecified atom stereocenters. The van der Waals surface area contributed by atoms with Crippen molar-refractivity contribution in [1.29, 1.82) is 0 Å². The van der Waals surface area contributed by atoms with Crippen LogP contribution in [0.25, 0.3) is 11.1 Å². The molecular formula is C25H31F. The highest BCUT2D eigenvalue weighted by molar-refractivity contribution is 5.66. The fourth-order valence-corrected chi connectivity index (χ4v) is 5.15. The number of hydrogen-bond acceptors (Lipinski definition) is 0. The van der Waals surface area contributed by atoms with Crippen LogP contribution >= 0.6 is 0 Å². The number of hydrogen-bond donors (Lipinski definition) is 0. The van der Waals surface area contributed by atoms with Gasteiger partial charge >= 0.3 is 0 Å². The lowest BCUT2D eigenvalue weighted by molar-refractivity contribution is 0.197. The normalized spacial score (nSPS) is 25.7. The van der Waals surface area contributed by atoms with Gasteiger partial charge in [-0.2, -0.15) is 0 Å². The zero-order chi connectivity index (χ0) is 18.1. The van der Waals surface area contributed by atoms with Gasteiger partial charge in [-0.15, -0.1) is 0 Å². The van der Waals surface area contributed by atoms with E-state index in [-0.39, 0.29) is 5.82 Å². The monoisotopic (exact) mass is 350 g/mol. The Morgan fingerprint density at radius 1 is 0.846 bits per heavy atom.